The molecule has 0 spiro atoms. The number of carbonyl (C=O) groups excluding carboxylic acids is 1. The highest BCUT2D eigenvalue weighted by atomic mass is 32.2. The Kier molecular flexibility index (Phi) is 6.77. The number of aromatic nitrogens is 3. The van der Waals surface area contributed by atoms with Gasteiger partial charge in [-0.3, -0.25) is 19.5 Å². The first kappa shape index (κ1) is 23.2. The average Bonchev–Trinajstić information content (AvgIpc) is 3.10. The fraction of sp³-hybridized carbons (Fsp3) is 0.211. The lowest BCUT2D eigenvalue weighted by atomic mass is 10.2. The minimum absolute atomic E-state index is 0.0767. The number of benzene rings is 2. The molecule has 1 amide bonds. The number of hydrogen-bond acceptors (Lipinski definition) is 6. The zero-order valence-electron chi connectivity index (χ0n) is 16.4. The lowest BCUT2D eigenvalue weighted by Crippen LogP contribution is -2.23. The van der Waals surface area contributed by atoms with Crippen LogP contribution in [0, 0.1) is 15.9 Å². The molecular formula is C19H15F4N5O3S. The van der Waals surface area contributed by atoms with Crippen LogP contribution >= 0.6 is 11.8 Å². The summed E-state index contributed by atoms with van der Waals surface area (Å²) in [5.74, 6) is -0.385. The summed E-state index contributed by atoms with van der Waals surface area (Å²) in [6.07, 6.45) is -4.50. The molecule has 0 aliphatic rings. The van der Waals surface area contributed by atoms with Crippen molar-refractivity contribution in [1.82, 2.24) is 20.1 Å². The molecule has 0 unspecified atom stereocenters. The van der Waals surface area contributed by atoms with Gasteiger partial charge in [-0.25, -0.2) is 4.39 Å². The third-order valence-corrected chi connectivity index (χ3v) is 5.20. The molecule has 13 heteroatoms. The van der Waals surface area contributed by atoms with Crippen LogP contribution in [0.1, 0.15) is 18.3 Å². The topological polar surface area (TPSA) is 103 Å². The number of alkyl halides is 3. The van der Waals surface area contributed by atoms with E-state index in [9.17, 15) is 32.5 Å². The molecular weight excluding hydrogens is 454 g/mol. The van der Waals surface area contributed by atoms with Crippen molar-refractivity contribution in [2.45, 2.75) is 29.6 Å². The Hall–Kier alpha value is -3.48. The number of nitro benzene ring substituents is 1. The molecule has 3 aromatic rings. The number of nitrogens with zero attached hydrogens (tertiary/aromatic N) is 4. The number of nitrogens with one attached hydrogen (secondary N) is 1. The smallest absolute Gasteiger partial charge is 0.356 e. The van der Waals surface area contributed by atoms with Crippen molar-refractivity contribution in [2.75, 3.05) is 6.54 Å². The van der Waals surface area contributed by atoms with E-state index in [4.69, 9.17) is 0 Å². The molecule has 3 rings (SSSR count). The SMILES string of the molecule is CC(=O)NCCc1nnc(Sc2ccc(C(F)(F)F)cc2[N+](=O)[O-])n1-c1ccc(F)cc1. The van der Waals surface area contributed by atoms with Gasteiger partial charge in [0, 0.05) is 31.6 Å². The summed E-state index contributed by atoms with van der Waals surface area (Å²) in [7, 11) is 0. The van der Waals surface area contributed by atoms with E-state index in [-0.39, 0.29) is 28.9 Å². The van der Waals surface area contributed by atoms with E-state index in [1.165, 1.54) is 35.8 Å². The van der Waals surface area contributed by atoms with Crippen LogP contribution < -0.4 is 5.32 Å². The summed E-state index contributed by atoms with van der Waals surface area (Å²) in [6.45, 7) is 1.56. The summed E-state index contributed by atoms with van der Waals surface area (Å²) >= 11 is 0.747. The summed E-state index contributed by atoms with van der Waals surface area (Å²) in [5.41, 5.74) is -1.45. The first-order valence-corrected chi connectivity index (χ1v) is 9.86. The Bertz CT molecular complexity index is 1150. The molecule has 0 aliphatic carbocycles. The van der Waals surface area contributed by atoms with Crippen molar-refractivity contribution in [3.63, 3.8) is 0 Å². The van der Waals surface area contributed by atoms with Gasteiger partial charge in [-0.2, -0.15) is 13.2 Å². The van der Waals surface area contributed by atoms with Crippen LogP contribution in [-0.4, -0.2) is 32.1 Å². The maximum atomic E-state index is 13.4. The Morgan fingerprint density at radius 3 is 2.47 bits per heavy atom. The molecule has 0 atom stereocenters. The summed E-state index contributed by atoms with van der Waals surface area (Å²) in [6, 6.07) is 7.46. The van der Waals surface area contributed by atoms with Crippen molar-refractivity contribution >= 4 is 23.4 Å². The van der Waals surface area contributed by atoms with E-state index in [0.29, 0.717) is 17.6 Å². The second-order valence-electron chi connectivity index (χ2n) is 6.48. The molecule has 168 valence electrons. The maximum absolute atomic E-state index is 13.4. The van der Waals surface area contributed by atoms with E-state index in [1.807, 2.05) is 0 Å². The Balaban J connectivity index is 2.02. The van der Waals surface area contributed by atoms with Crippen LogP contribution in [0.2, 0.25) is 0 Å². The molecule has 32 heavy (non-hydrogen) atoms. The van der Waals surface area contributed by atoms with Gasteiger partial charge < -0.3 is 5.32 Å². The van der Waals surface area contributed by atoms with Gasteiger partial charge >= 0.3 is 6.18 Å². The number of carbonyl (C=O) groups is 1. The second kappa shape index (κ2) is 9.34. The largest absolute Gasteiger partial charge is 0.416 e. The van der Waals surface area contributed by atoms with Gasteiger partial charge in [0.15, 0.2) is 0 Å². The zero-order valence-corrected chi connectivity index (χ0v) is 17.2. The van der Waals surface area contributed by atoms with Crippen LogP contribution in [0.15, 0.2) is 52.5 Å². The van der Waals surface area contributed by atoms with Crippen LogP contribution in [0.4, 0.5) is 23.2 Å². The third kappa shape index (κ3) is 5.41. The molecule has 8 nitrogen and oxygen atoms in total. The maximum Gasteiger partial charge on any atom is 0.416 e. The highest BCUT2D eigenvalue weighted by Crippen LogP contribution is 2.39. The van der Waals surface area contributed by atoms with E-state index in [0.717, 1.165) is 23.9 Å². The highest BCUT2D eigenvalue weighted by Gasteiger charge is 2.33. The van der Waals surface area contributed by atoms with Crippen molar-refractivity contribution in [2.24, 2.45) is 0 Å². The fourth-order valence-corrected chi connectivity index (χ4v) is 3.70. The summed E-state index contributed by atoms with van der Waals surface area (Å²) in [4.78, 5) is 21.5. The molecule has 1 N–H and O–H groups in total. The quantitative estimate of drug-likeness (QED) is 0.317. The first-order valence-electron chi connectivity index (χ1n) is 9.04. The van der Waals surface area contributed by atoms with Gasteiger partial charge in [0.05, 0.1) is 15.4 Å². The van der Waals surface area contributed by atoms with Crippen LogP contribution in [0.5, 0.6) is 0 Å². The monoisotopic (exact) mass is 469 g/mol. The van der Waals surface area contributed by atoms with E-state index in [1.54, 1.807) is 0 Å². The lowest BCUT2D eigenvalue weighted by Gasteiger charge is -2.11. The van der Waals surface area contributed by atoms with Gasteiger partial charge in [0.2, 0.25) is 11.1 Å². The van der Waals surface area contributed by atoms with Gasteiger partial charge in [0.1, 0.15) is 11.6 Å². The molecule has 0 saturated heterocycles. The predicted octanol–water partition coefficient (Wildman–Crippen LogP) is 4.16. The normalized spacial score (nSPS) is 11.4. The first-order chi connectivity index (χ1) is 15.1. The van der Waals surface area contributed by atoms with Crippen molar-refractivity contribution < 1.29 is 27.3 Å². The van der Waals surface area contributed by atoms with Crippen molar-refractivity contribution in [3.8, 4) is 5.69 Å². The summed E-state index contributed by atoms with van der Waals surface area (Å²) < 4.78 is 53.8. The van der Waals surface area contributed by atoms with Gasteiger partial charge in [-0.15, -0.1) is 10.2 Å². The summed E-state index contributed by atoms with van der Waals surface area (Å²) in [5, 5.41) is 22.2. The van der Waals surface area contributed by atoms with Gasteiger partial charge in [-0.05, 0) is 48.2 Å². The van der Waals surface area contributed by atoms with Gasteiger partial charge in [0.25, 0.3) is 5.69 Å². The van der Waals surface area contributed by atoms with Crippen LogP contribution in [-0.2, 0) is 17.4 Å². The highest BCUT2D eigenvalue weighted by molar-refractivity contribution is 7.99. The third-order valence-electron chi connectivity index (χ3n) is 4.19. The van der Waals surface area contributed by atoms with E-state index in [2.05, 4.69) is 15.5 Å². The number of nitro groups is 1. The average molecular weight is 469 g/mol. The molecule has 0 radical (unpaired) electrons. The Morgan fingerprint density at radius 2 is 1.88 bits per heavy atom. The Labute approximate surface area is 182 Å². The number of halogens is 4. The molecule has 0 bridgehead atoms. The zero-order chi connectivity index (χ0) is 23.5. The minimum atomic E-state index is -4.74. The molecule has 2 aromatic carbocycles. The molecule has 0 saturated carbocycles. The van der Waals surface area contributed by atoms with E-state index >= 15 is 0 Å². The van der Waals surface area contributed by atoms with E-state index < -0.39 is 28.2 Å². The standard InChI is InChI=1S/C19H15F4N5O3S/c1-11(29)24-9-8-17-25-26-18(27(17)14-5-3-13(20)4-6-14)32-16-7-2-12(19(21,22)23)10-15(16)28(30)31/h2-7,10H,8-9H2,1H3,(H,24,29). The Morgan fingerprint density at radius 1 is 1.19 bits per heavy atom. The number of hydrogen-bond donors (Lipinski definition) is 1. The van der Waals surface area contributed by atoms with Crippen molar-refractivity contribution in [1.29, 1.82) is 0 Å². The van der Waals surface area contributed by atoms with Crippen molar-refractivity contribution in [3.05, 3.63) is 69.8 Å². The van der Waals surface area contributed by atoms with Crippen LogP contribution in [0.25, 0.3) is 5.69 Å². The molecule has 0 aliphatic heterocycles. The minimum Gasteiger partial charge on any atom is -0.356 e. The predicted molar refractivity (Wildman–Crippen MR) is 106 cm³/mol. The number of rotatable bonds is 7. The second-order valence-corrected chi connectivity index (χ2v) is 7.49. The lowest BCUT2D eigenvalue weighted by molar-refractivity contribution is -0.388. The van der Waals surface area contributed by atoms with Gasteiger partial charge in [-0.1, -0.05) is 0 Å². The number of amides is 1. The fourth-order valence-electron chi connectivity index (χ4n) is 2.75. The van der Waals surface area contributed by atoms with Crippen LogP contribution in [0.3, 0.4) is 0 Å². The molecule has 1 aromatic heterocycles. The molecule has 1 heterocycles. The molecule has 0 fully saturated rings.